The molecular weight excluding hydrogens is 394 g/mol. The van der Waals surface area contributed by atoms with E-state index in [1.807, 2.05) is 0 Å². The number of carbonyl (C=O) groups is 1. The van der Waals surface area contributed by atoms with Crippen LogP contribution in [0.1, 0.15) is 64.5 Å². The Morgan fingerprint density at radius 3 is 2.81 bits per heavy atom. The Bertz CT molecular complexity index is 850. The zero-order chi connectivity index (χ0) is 21.8. The summed E-state index contributed by atoms with van der Waals surface area (Å²) in [6.45, 7) is 8.53. The minimum atomic E-state index is -0.0230. The molecule has 2 bridgehead atoms. The van der Waals surface area contributed by atoms with E-state index in [1.54, 1.807) is 7.11 Å². The van der Waals surface area contributed by atoms with Gasteiger partial charge in [0.2, 0.25) is 11.7 Å². The molecule has 31 heavy (non-hydrogen) atoms. The van der Waals surface area contributed by atoms with Gasteiger partial charge in [-0.2, -0.15) is 0 Å². The molecule has 2 heterocycles. The zero-order valence-electron chi connectivity index (χ0n) is 19.2. The Morgan fingerprint density at radius 1 is 1.23 bits per heavy atom. The number of hydrogen-bond donors (Lipinski definition) is 1. The van der Waals surface area contributed by atoms with Crippen LogP contribution in [0.5, 0.6) is 17.2 Å². The van der Waals surface area contributed by atoms with Crippen molar-refractivity contribution < 1.29 is 23.7 Å². The van der Waals surface area contributed by atoms with Gasteiger partial charge < -0.3 is 24.3 Å². The van der Waals surface area contributed by atoms with E-state index in [0.717, 1.165) is 30.6 Å². The molecular formula is C25H35NO5. The van der Waals surface area contributed by atoms with Crippen molar-refractivity contribution in [2.24, 2.45) is 22.7 Å². The Hall–Kier alpha value is -1.95. The van der Waals surface area contributed by atoms with Crippen LogP contribution in [-0.4, -0.2) is 38.9 Å². The van der Waals surface area contributed by atoms with E-state index in [0.29, 0.717) is 49.6 Å². The molecule has 3 fully saturated rings. The second kappa shape index (κ2) is 7.58. The minimum Gasteiger partial charge on any atom is -0.493 e. The van der Waals surface area contributed by atoms with Crippen molar-refractivity contribution in [1.29, 1.82) is 0 Å². The summed E-state index contributed by atoms with van der Waals surface area (Å²) in [6, 6.07) is 4.31. The summed E-state index contributed by atoms with van der Waals surface area (Å²) in [5, 5.41) is 3.47. The van der Waals surface area contributed by atoms with E-state index in [2.05, 4.69) is 38.2 Å². The van der Waals surface area contributed by atoms with E-state index in [4.69, 9.17) is 18.9 Å². The SMILES string of the molecule is CCCC(=O)N[C@@H]1C(C)(C)[C@@H]2C[C@@H]3[C@@H](c4cc(OC)c5c(c4)OCCO5)OCCC31C2. The third-order valence-corrected chi connectivity index (χ3v) is 8.47. The molecule has 1 N–H and O–H groups in total. The van der Waals surface area contributed by atoms with Crippen molar-refractivity contribution in [3.8, 4) is 17.2 Å². The summed E-state index contributed by atoms with van der Waals surface area (Å²) in [5.74, 6) is 3.27. The highest BCUT2D eigenvalue weighted by Gasteiger charge is 2.68. The summed E-state index contributed by atoms with van der Waals surface area (Å²) in [7, 11) is 1.67. The number of benzene rings is 1. The molecule has 6 nitrogen and oxygen atoms in total. The van der Waals surface area contributed by atoms with Crippen LogP contribution in [0, 0.1) is 22.7 Å². The first-order chi connectivity index (χ1) is 14.9. The molecule has 5 atom stereocenters. The van der Waals surface area contributed by atoms with Gasteiger partial charge in [-0.15, -0.1) is 0 Å². The molecule has 5 rings (SSSR count). The fourth-order valence-electron chi connectivity index (χ4n) is 7.04. The first-order valence-electron chi connectivity index (χ1n) is 11.8. The molecule has 2 aliphatic carbocycles. The van der Waals surface area contributed by atoms with Gasteiger partial charge in [-0.05, 0) is 66.0 Å². The highest BCUT2D eigenvalue weighted by atomic mass is 16.6. The van der Waals surface area contributed by atoms with Crippen molar-refractivity contribution >= 4 is 5.91 Å². The van der Waals surface area contributed by atoms with Gasteiger partial charge in [-0.25, -0.2) is 0 Å². The van der Waals surface area contributed by atoms with Gasteiger partial charge in [0.25, 0.3) is 0 Å². The quantitative estimate of drug-likeness (QED) is 0.757. The van der Waals surface area contributed by atoms with Crippen molar-refractivity contribution in [3.63, 3.8) is 0 Å². The summed E-state index contributed by atoms with van der Waals surface area (Å²) in [5.41, 5.74) is 1.28. The van der Waals surface area contributed by atoms with E-state index >= 15 is 0 Å². The number of nitrogens with one attached hydrogen (secondary N) is 1. The van der Waals surface area contributed by atoms with E-state index < -0.39 is 0 Å². The van der Waals surface area contributed by atoms with E-state index in [-0.39, 0.29) is 28.9 Å². The number of fused-ring (bicyclic) bond motifs is 2. The van der Waals surface area contributed by atoms with Crippen LogP contribution in [0.15, 0.2) is 12.1 Å². The lowest BCUT2D eigenvalue weighted by Gasteiger charge is -2.53. The largest absolute Gasteiger partial charge is 0.493 e. The number of amides is 1. The molecule has 1 aromatic rings. The molecule has 4 aliphatic rings. The number of methoxy groups -OCH3 is 1. The monoisotopic (exact) mass is 429 g/mol. The third kappa shape index (κ3) is 3.12. The Balaban J connectivity index is 1.50. The standard InChI is InChI=1S/C25H35NO5/c1-5-6-20(27)26-23-24(2,3)16-13-17-21(30-8-7-25(17,23)14-16)15-11-18(28-4)22-19(12-15)29-9-10-31-22/h11-12,16-17,21,23H,5-10,13-14H2,1-4H3,(H,26,27)/t16-,17-,21-,23-,25?/m1/s1. The normalized spacial score (nSPS) is 34.8. The van der Waals surface area contributed by atoms with Gasteiger partial charge >= 0.3 is 0 Å². The lowest BCUT2D eigenvalue weighted by Crippen LogP contribution is -2.58. The lowest BCUT2D eigenvalue weighted by atomic mass is 9.58. The molecule has 1 saturated heterocycles. The van der Waals surface area contributed by atoms with Crippen molar-refractivity contribution in [2.45, 2.75) is 65.0 Å². The van der Waals surface area contributed by atoms with Crippen molar-refractivity contribution in [3.05, 3.63) is 17.7 Å². The van der Waals surface area contributed by atoms with Gasteiger partial charge in [0.1, 0.15) is 13.2 Å². The molecule has 1 spiro atoms. The summed E-state index contributed by atoms with van der Waals surface area (Å²) in [4.78, 5) is 12.6. The number of rotatable bonds is 5. The highest BCUT2D eigenvalue weighted by molar-refractivity contribution is 5.76. The van der Waals surface area contributed by atoms with Crippen LogP contribution in [-0.2, 0) is 9.53 Å². The molecule has 1 aromatic carbocycles. The van der Waals surface area contributed by atoms with Crippen molar-refractivity contribution in [2.75, 3.05) is 26.9 Å². The molecule has 0 aromatic heterocycles. The predicted molar refractivity (Wildman–Crippen MR) is 117 cm³/mol. The maximum atomic E-state index is 12.6. The molecule has 1 amide bonds. The van der Waals surface area contributed by atoms with Crippen LogP contribution in [0.2, 0.25) is 0 Å². The summed E-state index contributed by atoms with van der Waals surface area (Å²) >= 11 is 0. The summed E-state index contributed by atoms with van der Waals surface area (Å²) < 4.78 is 23.7. The summed E-state index contributed by atoms with van der Waals surface area (Å²) in [6.07, 6.45) is 4.76. The topological polar surface area (TPSA) is 66.0 Å². The molecule has 6 heteroatoms. The van der Waals surface area contributed by atoms with Crippen molar-refractivity contribution in [1.82, 2.24) is 5.32 Å². The fourth-order valence-corrected chi connectivity index (χ4v) is 7.04. The van der Waals surface area contributed by atoms with Gasteiger partial charge in [0, 0.05) is 19.1 Å². The van der Waals surface area contributed by atoms with Crippen LogP contribution in [0.4, 0.5) is 0 Å². The molecule has 1 unspecified atom stereocenters. The van der Waals surface area contributed by atoms with Crippen LogP contribution in [0.3, 0.4) is 0 Å². The lowest BCUT2D eigenvalue weighted by molar-refractivity contribution is -0.137. The number of ether oxygens (including phenoxy) is 4. The first kappa shape index (κ1) is 20.9. The number of hydrogen-bond acceptors (Lipinski definition) is 5. The molecule has 0 radical (unpaired) electrons. The second-order valence-corrected chi connectivity index (χ2v) is 10.3. The first-order valence-corrected chi connectivity index (χ1v) is 11.8. The van der Waals surface area contributed by atoms with E-state index in [9.17, 15) is 4.79 Å². The van der Waals surface area contributed by atoms with Gasteiger partial charge in [0.15, 0.2) is 11.5 Å². The van der Waals surface area contributed by atoms with E-state index in [1.165, 1.54) is 6.42 Å². The molecule has 170 valence electrons. The van der Waals surface area contributed by atoms with Gasteiger partial charge in [0.05, 0.1) is 13.2 Å². The van der Waals surface area contributed by atoms with Crippen LogP contribution >= 0.6 is 0 Å². The Labute approximate surface area is 185 Å². The third-order valence-electron chi connectivity index (χ3n) is 8.47. The Morgan fingerprint density at radius 2 is 2.03 bits per heavy atom. The highest BCUT2D eigenvalue weighted by Crippen LogP contribution is 2.70. The maximum Gasteiger partial charge on any atom is 0.220 e. The fraction of sp³-hybridized carbons (Fsp3) is 0.720. The van der Waals surface area contributed by atoms with Gasteiger partial charge in [-0.3, -0.25) is 4.79 Å². The number of carbonyl (C=O) groups excluding carboxylic acids is 1. The predicted octanol–water partition coefficient (Wildman–Crippen LogP) is 4.27. The molecule has 2 aliphatic heterocycles. The minimum absolute atomic E-state index is 0.0230. The maximum absolute atomic E-state index is 12.6. The molecule has 2 saturated carbocycles. The average molecular weight is 430 g/mol. The van der Waals surface area contributed by atoms with Crippen LogP contribution in [0.25, 0.3) is 0 Å². The smallest absolute Gasteiger partial charge is 0.220 e. The van der Waals surface area contributed by atoms with Gasteiger partial charge in [-0.1, -0.05) is 20.8 Å². The average Bonchev–Trinajstić information content (AvgIpc) is 3.25. The zero-order valence-corrected chi connectivity index (χ0v) is 19.2. The second-order valence-electron chi connectivity index (χ2n) is 10.3. The van der Waals surface area contributed by atoms with Crippen LogP contribution < -0.4 is 19.5 Å². The Kier molecular flexibility index (Phi) is 5.11.